The number of hydrogen-bond donors (Lipinski definition) is 2. The first-order valence-electron chi connectivity index (χ1n) is 10.4. The molecule has 1 aliphatic rings. The molecule has 0 atom stereocenters. The summed E-state index contributed by atoms with van der Waals surface area (Å²) < 4.78 is 2.47. The number of halogens is 1. The first kappa shape index (κ1) is 21.2. The van der Waals surface area contributed by atoms with Crippen molar-refractivity contribution in [1.82, 2.24) is 19.7 Å². The van der Waals surface area contributed by atoms with E-state index >= 15 is 0 Å². The van der Waals surface area contributed by atoms with Gasteiger partial charge in [0.15, 0.2) is 0 Å². The molecule has 8 heteroatoms. The SMILES string of the molecule is Cc1cc(C(=O)Nc2ccc(Br)cn2)n(-c2ccc(C(=N)N3CCCCCC3)cc2)n1. The Bertz CT molecular complexity index is 1070. The Labute approximate surface area is 190 Å². The topological polar surface area (TPSA) is 86.9 Å². The van der Waals surface area contributed by atoms with E-state index < -0.39 is 0 Å². The molecule has 4 rings (SSSR count). The summed E-state index contributed by atoms with van der Waals surface area (Å²) in [5, 5.41) is 15.9. The Morgan fingerprint density at radius 2 is 1.77 bits per heavy atom. The number of amidine groups is 1. The van der Waals surface area contributed by atoms with Crippen LogP contribution in [-0.4, -0.2) is 44.5 Å². The van der Waals surface area contributed by atoms with Gasteiger partial charge in [0.2, 0.25) is 0 Å². The molecule has 1 amide bonds. The van der Waals surface area contributed by atoms with Gasteiger partial charge in [-0.25, -0.2) is 9.67 Å². The molecule has 3 aromatic rings. The molecular weight excluding hydrogens is 456 g/mol. The largest absolute Gasteiger partial charge is 0.357 e. The van der Waals surface area contributed by atoms with Crippen LogP contribution in [0.15, 0.2) is 53.1 Å². The molecule has 31 heavy (non-hydrogen) atoms. The molecule has 2 aromatic heterocycles. The number of aromatic nitrogens is 3. The Morgan fingerprint density at radius 3 is 2.42 bits per heavy atom. The van der Waals surface area contributed by atoms with Gasteiger partial charge in [-0.05, 0) is 78.2 Å². The number of amides is 1. The maximum atomic E-state index is 12.9. The summed E-state index contributed by atoms with van der Waals surface area (Å²) in [4.78, 5) is 19.2. The van der Waals surface area contributed by atoms with Crippen LogP contribution in [-0.2, 0) is 0 Å². The zero-order valence-corrected chi connectivity index (χ0v) is 19.0. The minimum absolute atomic E-state index is 0.281. The molecule has 1 fully saturated rings. The molecule has 0 aliphatic carbocycles. The maximum Gasteiger partial charge on any atom is 0.275 e. The average molecular weight is 481 g/mol. The first-order chi connectivity index (χ1) is 15.0. The lowest BCUT2D eigenvalue weighted by Crippen LogP contribution is -2.31. The zero-order valence-electron chi connectivity index (χ0n) is 17.4. The lowest BCUT2D eigenvalue weighted by atomic mass is 10.1. The van der Waals surface area contributed by atoms with Crippen molar-refractivity contribution in [3.05, 3.63) is 70.1 Å². The van der Waals surface area contributed by atoms with Gasteiger partial charge in [-0.15, -0.1) is 0 Å². The number of carbonyl (C=O) groups is 1. The number of nitrogens with zero attached hydrogens (tertiary/aromatic N) is 4. The molecule has 3 heterocycles. The van der Waals surface area contributed by atoms with E-state index in [0.717, 1.165) is 47.3 Å². The van der Waals surface area contributed by atoms with Crippen LogP contribution in [0.2, 0.25) is 0 Å². The molecule has 1 aromatic carbocycles. The number of anilines is 1. The summed E-state index contributed by atoms with van der Waals surface area (Å²) in [7, 11) is 0. The number of pyridine rings is 1. The summed E-state index contributed by atoms with van der Waals surface area (Å²) >= 11 is 3.34. The van der Waals surface area contributed by atoms with E-state index in [0.29, 0.717) is 17.3 Å². The second-order valence-corrected chi connectivity index (χ2v) is 8.61. The van der Waals surface area contributed by atoms with Crippen LogP contribution < -0.4 is 5.32 Å². The number of nitrogens with one attached hydrogen (secondary N) is 2. The van der Waals surface area contributed by atoms with Crippen molar-refractivity contribution in [3.8, 4) is 5.69 Å². The van der Waals surface area contributed by atoms with E-state index in [1.165, 1.54) is 12.8 Å². The Morgan fingerprint density at radius 1 is 1.06 bits per heavy atom. The van der Waals surface area contributed by atoms with Gasteiger partial charge in [0, 0.05) is 29.3 Å². The lowest BCUT2D eigenvalue weighted by molar-refractivity contribution is 0.101. The number of carbonyl (C=O) groups excluding carboxylic acids is 1. The lowest BCUT2D eigenvalue weighted by Gasteiger charge is -2.23. The molecule has 0 bridgehead atoms. The van der Waals surface area contributed by atoms with Crippen molar-refractivity contribution < 1.29 is 4.79 Å². The van der Waals surface area contributed by atoms with Crippen LogP contribution in [0.1, 0.15) is 47.4 Å². The van der Waals surface area contributed by atoms with Gasteiger partial charge < -0.3 is 10.2 Å². The molecule has 7 nitrogen and oxygen atoms in total. The van der Waals surface area contributed by atoms with Crippen LogP contribution in [0.3, 0.4) is 0 Å². The summed E-state index contributed by atoms with van der Waals surface area (Å²) in [6.45, 7) is 3.73. The van der Waals surface area contributed by atoms with Gasteiger partial charge in [-0.2, -0.15) is 5.10 Å². The van der Waals surface area contributed by atoms with E-state index in [4.69, 9.17) is 5.41 Å². The van der Waals surface area contributed by atoms with Crippen molar-refractivity contribution >= 4 is 33.5 Å². The van der Waals surface area contributed by atoms with Crippen LogP contribution >= 0.6 is 15.9 Å². The van der Waals surface area contributed by atoms with Gasteiger partial charge in [-0.3, -0.25) is 10.2 Å². The van der Waals surface area contributed by atoms with Gasteiger partial charge in [0.05, 0.1) is 11.4 Å². The second-order valence-electron chi connectivity index (χ2n) is 7.70. The normalized spacial score (nSPS) is 14.2. The molecule has 1 saturated heterocycles. The number of likely N-dealkylation sites (tertiary alicyclic amines) is 1. The minimum Gasteiger partial charge on any atom is -0.357 e. The van der Waals surface area contributed by atoms with Crippen LogP contribution in [0.5, 0.6) is 0 Å². The highest BCUT2D eigenvalue weighted by atomic mass is 79.9. The fourth-order valence-corrected chi connectivity index (χ4v) is 3.96. The number of rotatable bonds is 4. The first-order valence-corrected chi connectivity index (χ1v) is 11.2. The summed E-state index contributed by atoms with van der Waals surface area (Å²) in [6, 6.07) is 13.0. The van der Waals surface area contributed by atoms with E-state index in [-0.39, 0.29) is 5.91 Å². The standard InChI is InChI=1S/C23H25BrN6O/c1-16-14-20(23(31)27-21-11-8-18(24)15-26-21)30(28-16)19-9-6-17(7-10-19)22(25)29-12-4-2-3-5-13-29/h6-11,14-15,25H,2-5,12-13H2,1H3,(H,26,27,31). The Hall–Kier alpha value is -3.00. The van der Waals surface area contributed by atoms with Crippen molar-refractivity contribution in [2.45, 2.75) is 32.6 Å². The fraction of sp³-hybridized carbons (Fsp3) is 0.304. The Kier molecular flexibility index (Phi) is 6.46. The number of benzene rings is 1. The van der Waals surface area contributed by atoms with Crippen molar-refractivity contribution in [2.24, 2.45) is 0 Å². The smallest absolute Gasteiger partial charge is 0.275 e. The number of aryl methyl sites for hydroxylation is 1. The summed E-state index contributed by atoms with van der Waals surface area (Å²) in [5.74, 6) is 0.751. The molecule has 2 N–H and O–H groups in total. The average Bonchev–Trinajstić information content (AvgIpc) is 2.98. The molecule has 0 spiro atoms. The quantitative estimate of drug-likeness (QED) is 0.414. The predicted octanol–water partition coefficient (Wildman–Crippen LogP) is 4.79. The molecule has 160 valence electrons. The summed E-state index contributed by atoms with van der Waals surface area (Å²) in [5.41, 5.74) is 2.82. The highest BCUT2D eigenvalue weighted by molar-refractivity contribution is 9.10. The van der Waals surface area contributed by atoms with Crippen LogP contribution in [0, 0.1) is 12.3 Å². The maximum absolute atomic E-state index is 12.9. The van der Waals surface area contributed by atoms with E-state index in [2.05, 4.69) is 36.2 Å². The third-order valence-electron chi connectivity index (χ3n) is 5.34. The predicted molar refractivity (Wildman–Crippen MR) is 125 cm³/mol. The van der Waals surface area contributed by atoms with Crippen molar-refractivity contribution in [3.63, 3.8) is 0 Å². The van der Waals surface area contributed by atoms with Gasteiger partial charge in [-0.1, -0.05) is 12.8 Å². The van der Waals surface area contributed by atoms with Crippen LogP contribution in [0.25, 0.3) is 5.69 Å². The second kappa shape index (κ2) is 9.43. The monoisotopic (exact) mass is 480 g/mol. The highest BCUT2D eigenvalue weighted by Gasteiger charge is 2.18. The van der Waals surface area contributed by atoms with Crippen molar-refractivity contribution in [2.75, 3.05) is 18.4 Å². The zero-order chi connectivity index (χ0) is 21.8. The van der Waals surface area contributed by atoms with E-state index in [1.54, 1.807) is 23.0 Å². The minimum atomic E-state index is -0.281. The van der Waals surface area contributed by atoms with Gasteiger partial charge >= 0.3 is 0 Å². The van der Waals surface area contributed by atoms with Crippen LogP contribution in [0.4, 0.5) is 5.82 Å². The highest BCUT2D eigenvalue weighted by Crippen LogP contribution is 2.18. The third kappa shape index (κ3) is 5.02. The third-order valence-corrected chi connectivity index (χ3v) is 5.81. The Balaban J connectivity index is 1.53. The van der Waals surface area contributed by atoms with Gasteiger partial charge in [0.25, 0.3) is 5.91 Å². The molecular formula is C23H25BrN6O. The molecule has 0 radical (unpaired) electrons. The van der Waals surface area contributed by atoms with E-state index in [1.807, 2.05) is 37.3 Å². The molecule has 0 unspecified atom stereocenters. The molecule has 1 aliphatic heterocycles. The molecule has 0 saturated carbocycles. The van der Waals surface area contributed by atoms with Gasteiger partial charge in [0.1, 0.15) is 17.3 Å². The van der Waals surface area contributed by atoms with Crippen molar-refractivity contribution in [1.29, 1.82) is 5.41 Å². The summed E-state index contributed by atoms with van der Waals surface area (Å²) in [6.07, 6.45) is 6.39. The number of hydrogen-bond acceptors (Lipinski definition) is 4. The van der Waals surface area contributed by atoms with E-state index in [9.17, 15) is 4.79 Å². The fourth-order valence-electron chi connectivity index (χ4n) is 3.73.